The number of amides is 1. The van der Waals surface area contributed by atoms with E-state index in [0.29, 0.717) is 39.4 Å². The van der Waals surface area contributed by atoms with Gasteiger partial charge < -0.3 is 19.5 Å². The zero-order chi connectivity index (χ0) is 16.7. The Morgan fingerprint density at radius 3 is 3.04 bits per heavy atom. The van der Waals surface area contributed by atoms with Gasteiger partial charge in [-0.05, 0) is 19.4 Å². The van der Waals surface area contributed by atoms with Gasteiger partial charge in [-0.2, -0.15) is 5.10 Å². The summed E-state index contributed by atoms with van der Waals surface area (Å²) in [6, 6.07) is 1.94. The van der Waals surface area contributed by atoms with Crippen molar-refractivity contribution in [2.75, 3.05) is 33.0 Å². The Morgan fingerprint density at radius 1 is 1.42 bits per heavy atom. The highest BCUT2D eigenvalue weighted by atomic mass is 16.5. The van der Waals surface area contributed by atoms with Crippen molar-refractivity contribution >= 4 is 5.91 Å². The van der Waals surface area contributed by atoms with Crippen LogP contribution in [0.15, 0.2) is 12.3 Å². The molecule has 1 amide bonds. The van der Waals surface area contributed by atoms with Gasteiger partial charge in [0.15, 0.2) is 0 Å². The Bertz CT molecular complexity index is 619. The van der Waals surface area contributed by atoms with E-state index in [0.717, 1.165) is 12.1 Å². The van der Waals surface area contributed by atoms with E-state index in [1.807, 2.05) is 24.1 Å². The molecule has 0 aromatic carbocycles. The second-order valence-corrected chi connectivity index (χ2v) is 7.25. The Hall–Kier alpha value is -1.44. The Labute approximate surface area is 141 Å². The zero-order valence-corrected chi connectivity index (χ0v) is 14.1. The maximum atomic E-state index is 12.9. The summed E-state index contributed by atoms with van der Waals surface area (Å²) >= 11 is 0. The first-order valence-electron chi connectivity index (χ1n) is 8.75. The maximum absolute atomic E-state index is 12.9. The van der Waals surface area contributed by atoms with Crippen molar-refractivity contribution in [1.29, 1.82) is 0 Å². The van der Waals surface area contributed by atoms with Gasteiger partial charge in [-0.1, -0.05) is 0 Å². The van der Waals surface area contributed by atoms with Gasteiger partial charge in [0, 0.05) is 50.3 Å². The summed E-state index contributed by atoms with van der Waals surface area (Å²) in [7, 11) is 0. The van der Waals surface area contributed by atoms with Crippen molar-refractivity contribution in [3.05, 3.63) is 18.0 Å². The van der Waals surface area contributed by atoms with Gasteiger partial charge in [0.05, 0.1) is 24.5 Å². The number of likely N-dealkylation sites (tertiary alicyclic amines) is 1. The molecule has 4 heterocycles. The third kappa shape index (κ3) is 2.64. The minimum atomic E-state index is -0.775. The molecule has 4 rings (SSSR count). The highest BCUT2D eigenvalue weighted by Crippen LogP contribution is 2.44. The smallest absolute Gasteiger partial charge is 0.244 e. The van der Waals surface area contributed by atoms with E-state index in [1.165, 1.54) is 0 Å². The lowest BCUT2D eigenvalue weighted by molar-refractivity contribution is -0.219. The highest BCUT2D eigenvalue weighted by Gasteiger charge is 2.56. The number of nitrogens with zero attached hydrogens (tertiary/aromatic N) is 3. The molecule has 0 unspecified atom stereocenters. The van der Waals surface area contributed by atoms with Crippen molar-refractivity contribution in [2.24, 2.45) is 11.8 Å². The first-order valence-corrected chi connectivity index (χ1v) is 8.75. The number of fused-ring (bicyclic) bond motifs is 3. The Morgan fingerprint density at radius 2 is 2.25 bits per heavy atom. The highest BCUT2D eigenvalue weighted by molar-refractivity contribution is 5.76. The standard InChI is InChI=1S/C17H25N3O4/c1-12-2-5-19(18-12)9-16(21)20-8-13-10-24-7-4-17(13,22)14-11-23-6-3-15(14)20/h2,5,13-15,22H,3-4,6-11H2,1H3/t13-,14+,15-,17-/m0/s1. The summed E-state index contributed by atoms with van der Waals surface area (Å²) < 4.78 is 12.9. The second-order valence-electron chi connectivity index (χ2n) is 7.25. The quantitative estimate of drug-likeness (QED) is 0.836. The van der Waals surface area contributed by atoms with Crippen LogP contribution < -0.4 is 0 Å². The van der Waals surface area contributed by atoms with Crippen molar-refractivity contribution < 1.29 is 19.4 Å². The molecule has 4 atom stereocenters. The predicted octanol–water partition coefficient (Wildman–Crippen LogP) is 0.206. The number of aryl methyl sites for hydroxylation is 1. The van der Waals surface area contributed by atoms with Crippen LogP contribution in [0.4, 0.5) is 0 Å². The summed E-state index contributed by atoms with van der Waals surface area (Å²) in [5.41, 5.74) is 0.128. The number of carbonyl (C=O) groups is 1. The van der Waals surface area contributed by atoms with Crippen LogP contribution in [0.3, 0.4) is 0 Å². The molecule has 0 bridgehead atoms. The number of ether oxygens (including phenoxy) is 2. The van der Waals surface area contributed by atoms with E-state index < -0.39 is 5.60 Å². The molecule has 1 aromatic heterocycles. The topological polar surface area (TPSA) is 76.8 Å². The number of piperidine rings is 1. The molecule has 0 radical (unpaired) electrons. The number of aromatic nitrogens is 2. The molecule has 0 spiro atoms. The lowest BCUT2D eigenvalue weighted by Gasteiger charge is -2.57. The molecular formula is C17H25N3O4. The van der Waals surface area contributed by atoms with Gasteiger partial charge in [-0.3, -0.25) is 9.48 Å². The molecule has 24 heavy (non-hydrogen) atoms. The number of rotatable bonds is 2. The molecular weight excluding hydrogens is 310 g/mol. The van der Waals surface area contributed by atoms with Gasteiger partial charge in [0.25, 0.3) is 0 Å². The Kier molecular flexibility index (Phi) is 4.10. The molecule has 0 saturated carbocycles. The summed E-state index contributed by atoms with van der Waals surface area (Å²) in [5, 5.41) is 15.6. The van der Waals surface area contributed by atoms with Crippen LogP contribution in [0.1, 0.15) is 18.5 Å². The summed E-state index contributed by atoms with van der Waals surface area (Å²) in [6.07, 6.45) is 3.24. The largest absolute Gasteiger partial charge is 0.389 e. The molecule has 3 aliphatic rings. The van der Waals surface area contributed by atoms with E-state index >= 15 is 0 Å². The van der Waals surface area contributed by atoms with E-state index in [2.05, 4.69) is 5.10 Å². The number of hydrogen-bond donors (Lipinski definition) is 1. The minimum absolute atomic E-state index is 0.0304. The number of hydrogen-bond acceptors (Lipinski definition) is 5. The van der Waals surface area contributed by atoms with Crippen LogP contribution in [0.2, 0.25) is 0 Å². The molecule has 3 saturated heterocycles. The van der Waals surface area contributed by atoms with E-state index in [4.69, 9.17) is 9.47 Å². The van der Waals surface area contributed by atoms with E-state index in [1.54, 1.807) is 4.68 Å². The fourth-order valence-electron chi connectivity index (χ4n) is 4.53. The molecule has 7 nitrogen and oxygen atoms in total. The van der Waals surface area contributed by atoms with Gasteiger partial charge in [0.1, 0.15) is 6.54 Å². The SMILES string of the molecule is Cc1ccn(CC(=O)N2C[C@H]3COCC[C@@]3(O)[C@@H]3COCC[C@@H]32)n1. The zero-order valence-electron chi connectivity index (χ0n) is 14.1. The lowest BCUT2D eigenvalue weighted by Crippen LogP contribution is -2.69. The van der Waals surface area contributed by atoms with Crippen molar-refractivity contribution in [3.63, 3.8) is 0 Å². The fourth-order valence-corrected chi connectivity index (χ4v) is 4.53. The fraction of sp³-hybridized carbons (Fsp3) is 0.765. The molecule has 132 valence electrons. The van der Waals surface area contributed by atoms with Crippen LogP contribution in [0, 0.1) is 18.8 Å². The van der Waals surface area contributed by atoms with Crippen LogP contribution in [0.25, 0.3) is 0 Å². The van der Waals surface area contributed by atoms with Crippen LogP contribution >= 0.6 is 0 Å². The third-order valence-electron chi connectivity index (χ3n) is 5.84. The first kappa shape index (κ1) is 16.1. The minimum Gasteiger partial charge on any atom is -0.389 e. The molecule has 3 fully saturated rings. The second kappa shape index (κ2) is 6.13. The molecule has 7 heteroatoms. The van der Waals surface area contributed by atoms with Crippen molar-refractivity contribution in [2.45, 2.75) is 38.0 Å². The van der Waals surface area contributed by atoms with Crippen LogP contribution in [-0.2, 0) is 20.8 Å². The third-order valence-corrected chi connectivity index (χ3v) is 5.84. The van der Waals surface area contributed by atoms with Gasteiger partial charge >= 0.3 is 0 Å². The Balaban J connectivity index is 1.57. The number of aliphatic hydroxyl groups is 1. The average Bonchev–Trinajstić information content (AvgIpc) is 2.99. The maximum Gasteiger partial charge on any atom is 0.244 e. The van der Waals surface area contributed by atoms with Gasteiger partial charge in [0.2, 0.25) is 5.91 Å². The van der Waals surface area contributed by atoms with E-state index in [9.17, 15) is 9.90 Å². The van der Waals surface area contributed by atoms with Gasteiger partial charge in [-0.15, -0.1) is 0 Å². The predicted molar refractivity (Wildman–Crippen MR) is 85.3 cm³/mol. The molecule has 3 aliphatic heterocycles. The van der Waals surface area contributed by atoms with Crippen LogP contribution in [-0.4, -0.2) is 70.3 Å². The van der Waals surface area contributed by atoms with E-state index in [-0.39, 0.29) is 30.3 Å². The monoisotopic (exact) mass is 335 g/mol. The van der Waals surface area contributed by atoms with Crippen LogP contribution in [0.5, 0.6) is 0 Å². The first-order chi connectivity index (χ1) is 11.6. The normalized spacial score (nSPS) is 36.1. The average molecular weight is 335 g/mol. The molecule has 0 aliphatic carbocycles. The lowest BCUT2D eigenvalue weighted by atomic mass is 9.66. The molecule has 1 aromatic rings. The number of carbonyl (C=O) groups excluding carboxylic acids is 1. The molecule has 1 N–H and O–H groups in total. The summed E-state index contributed by atoms with van der Waals surface area (Å²) in [4.78, 5) is 14.9. The van der Waals surface area contributed by atoms with Gasteiger partial charge in [-0.25, -0.2) is 0 Å². The van der Waals surface area contributed by atoms with Crippen molar-refractivity contribution in [3.8, 4) is 0 Å². The van der Waals surface area contributed by atoms with Crippen molar-refractivity contribution in [1.82, 2.24) is 14.7 Å². The summed E-state index contributed by atoms with van der Waals surface area (Å²) in [6.45, 7) is 4.95. The summed E-state index contributed by atoms with van der Waals surface area (Å²) in [5.74, 6) is -0.0164.